The molecule has 0 heterocycles. The Morgan fingerprint density at radius 1 is 1.53 bits per heavy atom. The second kappa shape index (κ2) is 4.10. The average Bonchev–Trinajstić information content (AvgIpc) is 2.96. The highest BCUT2D eigenvalue weighted by Gasteiger charge is 2.27. The molecule has 82 valence electrons. The molecule has 0 amide bonds. The van der Waals surface area contributed by atoms with Gasteiger partial charge in [-0.25, -0.2) is 4.39 Å². The molecule has 1 atom stereocenters. The quantitative estimate of drug-likeness (QED) is 0.889. The van der Waals surface area contributed by atoms with Gasteiger partial charge in [-0.05, 0) is 24.5 Å². The van der Waals surface area contributed by atoms with E-state index in [1.165, 1.54) is 18.9 Å². The first-order chi connectivity index (χ1) is 7.09. The Bertz CT molecular complexity index is 379. The molecule has 1 aliphatic carbocycles. The summed E-state index contributed by atoms with van der Waals surface area (Å²) < 4.78 is 13.8. The maximum absolute atomic E-state index is 13.1. The van der Waals surface area contributed by atoms with Crippen LogP contribution in [0.15, 0.2) is 16.6 Å². The van der Waals surface area contributed by atoms with Gasteiger partial charge in [0.15, 0.2) is 11.6 Å². The molecule has 1 aromatic rings. The van der Waals surface area contributed by atoms with E-state index in [0.717, 1.165) is 6.42 Å². The third kappa shape index (κ3) is 2.32. The van der Waals surface area contributed by atoms with E-state index in [2.05, 4.69) is 15.9 Å². The van der Waals surface area contributed by atoms with E-state index in [-0.39, 0.29) is 11.8 Å². The van der Waals surface area contributed by atoms with Crippen molar-refractivity contribution >= 4 is 15.9 Å². The number of nitrogens with two attached hydrogens (primary N) is 1. The minimum Gasteiger partial charge on any atom is -0.505 e. The number of benzene rings is 1. The van der Waals surface area contributed by atoms with Gasteiger partial charge in [-0.15, -0.1) is 0 Å². The smallest absolute Gasteiger partial charge is 0.165 e. The van der Waals surface area contributed by atoms with Crippen molar-refractivity contribution in [3.63, 3.8) is 0 Å². The molecule has 1 fully saturated rings. The topological polar surface area (TPSA) is 46.2 Å². The number of rotatable bonds is 3. The van der Waals surface area contributed by atoms with Crippen molar-refractivity contribution in [3.8, 4) is 5.75 Å². The monoisotopic (exact) mass is 273 g/mol. The molecule has 2 rings (SSSR count). The van der Waals surface area contributed by atoms with Crippen LogP contribution in [0, 0.1) is 11.7 Å². The summed E-state index contributed by atoms with van der Waals surface area (Å²) >= 11 is 3.29. The summed E-state index contributed by atoms with van der Waals surface area (Å²) in [6, 6.07) is 2.52. The number of phenolic OH excluding ortho intramolecular Hbond substituents is 1. The number of phenols is 1. The largest absolute Gasteiger partial charge is 0.505 e. The molecule has 0 bridgehead atoms. The van der Waals surface area contributed by atoms with E-state index in [1.807, 2.05) is 0 Å². The average molecular weight is 274 g/mol. The molecule has 15 heavy (non-hydrogen) atoms. The molecular formula is C11H13BrFNO. The van der Waals surface area contributed by atoms with Gasteiger partial charge in [0.25, 0.3) is 0 Å². The summed E-state index contributed by atoms with van der Waals surface area (Å²) in [5.41, 5.74) is 6.44. The molecule has 0 spiro atoms. The Hall–Kier alpha value is -0.610. The van der Waals surface area contributed by atoms with Crippen LogP contribution in [0.4, 0.5) is 4.39 Å². The van der Waals surface area contributed by atoms with Crippen LogP contribution in [0.2, 0.25) is 0 Å². The minimum absolute atomic E-state index is 0.289. The molecule has 0 aliphatic heterocycles. The summed E-state index contributed by atoms with van der Waals surface area (Å²) in [5.74, 6) is -0.286. The van der Waals surface area contributed by atoms with Crippen LogP contribution in [0.25, 0.3) is 0 Å². The van der Waals surface area contributed by atoms with E-state index < -0.39 is 5.82 Å². The lowest BCUT2D eigenvalue weighted by molar-refractivity contribution is 0.416. The van der Waals surface area contributed by atoms with E-state index in [4.69, 9.17) is 5.73 Å². The van der Waals surface area contributed by atoms with Gasteiger partial charge in [0, 0.05) is 16.1 Å². The van der Waals surface area contributed by atoms with Gasteiger partial charge < -0.3 is 10.8 Å². The zero-order valence-corrected chi connectivity index (χ0v) is 9.80. The Kier molecular flexibility index (Phi) is 2.98. The zero-order chi connectivity index (χ0) is 11.0. The van der Waals surface area contributed by atoms with E-state index in [1.54, 1.807) is 6.07 Å². The van der Waals surface area contributed by atoms with Gasteiger partial charge in [0.2, 0.25) is 0 Å². The molecule has 2 nitrogen and oxygen atoms in total. The SMILES string of the molecule is N[C@H](CC1CC1)c1c(Br)ccc(F)c1O. The number of aromatic hydroxyl groups is 1. The lowest BCUT2D eigenvalue weighted by atomic mass is 10.0. The fourth-order valence-electron chi connectivity index (χ4n) is 1.74. The van der Waals surface area contributed by atoms with Crippen LogP contribution in [0.1, 0.15) is 30.9 Å². The lowest BCUT2D eigenvalue weighted by Crippen LogP contribution is -2.12. The van der Waals surface area contributed by atoms with Gasteiger partial charge in [-0.2, -0.15) is 0 Å². The summed E-state index contributed by atoms with van der Waals surface area (Å²) in [5, 5.41) is 9.60. The Labute approximate surface area is 96.4 Å². The summed E-state index contributed by atoms with van der Waals surface area (Å²) in [7, 11) is 0. The Morgan fingerprint density at radius 2 is 2.20 bits per heavy atom. The summed E-state index contributed by atoms with van der Waals surface area (Å²) in [4.78, 5) is 0. The predicted octanol–water partition coefficient (Wildman–Crippen LogP) is 3.09. The minimum atomic E-state index is -0.612. The van der Waals surface area contributed by atoms with Crippen LogP contribution in [0.5, 0.6) is 5.75 Å². The number of hydrogen-bond acceptors (Lipinski definition) is 2. The third-order valence-corrected chi connectivity index (χ3v) is 3.46. The van der Waals surface area contributed by atoms with Crippen LogP contribution in [0.3, 0.4) is 0 Å². The van der Waals surface area contributed by atoms with E-state index in [0.29, 0.717) is 16.0 Å². The maximum Gasteiger partial charge on any atom is 0.165 e. The van der Waals surface area contributed by atoms with Gasteiger partial charge >= 0.3 is 0 Å². The van der Waals surface area contributed by atoms with Crippen molar-refractivity contribution in [2.45, 2.75) is 25.3 Å². The van der Waals surface area contributed by atoms with Crippen molar-refractivity contribution in [3.05, 3.63) is 28.0 Å². The molecule has 0 unspecified atom stereocenters. The third-order valence-electron chi connectivity index (χ3n) is 2.77. The molecule has 1 aliphatic rings. The van der Waals surface area contributed by atoms with Gasteiger partial charge in [0.05, 0.1) is 0 Å². The molecular weight excluding hydrogens is 261 g/mol. The summed E-state index contributed by atoms with van der Waals surface area (Å²) in [6.07, 6.45) is 3.21. The lowest BCUT2D eigenvalue weighted by Gasteiger charge is -2.15. The molecule has 4 heteroatoms. The molecule has 0 saturated heterocycles. The van der Waals surface area contributed by atoms with Crippen molar-refractivity contribution < 1.29 is 9.50 Å². The van der Waals surface area contributed by atoms with Gasteiger partial charge in [-0.3, -0.25) is 0 Å². The van der Waals surface area contributed by atoms with Crippen molar-refractivity contribution in [1.29, 1.82) is 0 Å². The Morgan fingerprint density at radius 3 is 2.80 bits per heavy atom. The van der Waals surface area contributed by atoms with Gasteiger partial charge in [-0.1, -0.05) is 28.8 Å². The predicted molar refractivity (Wildman–Crippen MR) is 60.0 cm³/mol. The van der Waals surface area contributed by atoms with E-state index in [9.17, 15) is 9.50 Å². The van der Waals surface area contributed by atoms with Crippen LogP contribution < -0.4 is 5.73 Å². The molecule has 1 saturated carbocycles. The van der Waals surface area contributed by atoms with Crippen LogP contribution >= 0.6 is 15.9 Å². The molecule has 0 radical (unpaired) electrons. The Balaban J connectivity index is 2.27. The summed E-state index contributed by atoms with van der Waals surface area (Å²) in [6.45, 7) is 0. The number of hydrogen-bond donors (Lipinski definition) is 2. The first kappa shape index (κ1) is 10.9. The molecule has 0 aromatic heterocycles. The van der Waals surface area contributed by atoms with Crippen molar-refractivity contribution in [1.82, 2.24) is 0 Å². The standard InChI is InChI=1S/C11H13BrFNO/c12-7-3-4-8(13)11(15)10(7)9(14)5-6-1-2-6/h3-4,6,9,15H,1-2,5,14H2/t9-/m1/s1. The molecule has 1 aromatic carbocycles. The highest BCUT2D eigenvalue weighted by Crippen LogP contribution is 2.41. The van der Waals surface area contributed by atoms with Gasteiger partial charge in [0.1, 0.15) is 0 Å². The highest BCUT2D eigenvalue weighted by molar-refractivity contribution is 9.10. The fraction of sp³-hybridized carbons (Fsp3) is 0.455. The first-order valence-electron chi connectivity index (χ1n) is 5.02. The number of halogens is 2. The first-order valence-corrected chi connectivity index (χ1v) is 5.81. The highest BCUT2D eigenvalue weighted by atomic mass is 79.9. The maximum atomic E-state index is 13.1. The second-order valence-electron chi connectivity index (χ2n) is 4.08. The zero-order valence-electron chi connectivity index (χ0n) is 8.21. The van der Waals surface area contributed by atoms with Crippen molar-refractivity contribution in [2.75, 3.05) is 0 Å². The fourth-order valence-corrected chi connectivity index (χ4v) is 2.35. The molecule has 3 N–H and O–H groups in total. The van der Waals surface area contributed by atoms with Crippen LogP contribution in [-0.4, -0.2) is 5.11 Å². The van der Waals surface area contributed by atoms with Crippen molar-refractivity contribution in [2.24, 2.45) is 11.7 Å². The van der Waals surface area contributed by atoms with Crippen LogP contribution in [-0.2, 0) is 0 Å². The second-order valence-corrected chi connectivity index (χ2v) is 4.93. The normalized spacial score (nSPS) is 17.8. The van der Waals surface area contributed by atoms with E-state index >= 15 is 0 Å².